The average Bonchev–Trinajstić information content (AvgIpc) is 3.06. The normalized spacial score (nSPS) is 16.6. The Bertz CT molecular complexity index is 606. The van der Waals surface area contributed by atoms with Gasteiger partial charge in [-0.25, -0.2) is 0 Å². The molecular weight excluding hydrogens is 252 g/mol. The van der Waals surface area contributed by atoms with E-state index >= 15 is 0 Å². The molecule has 104 valence electrons. The fourth-order valence-electron chi connectivity index (χ4n) is 2.52. The van der Waals surface area contributed by atoms with Gasteiger partial charge in [0.25, 0.3) is 0 Å². The SMILES string of the molecule is Cc1ccc2c(c1)CC(C(=O)NCCc1cn[nH]c1)N2. The number of rotatable bonds is 4. The lowest BCUT2D eigenvalue weighted by Gasteiger charge is -2.11. The summed E-state index contributed by atoms with van der Waals surface area (Å²) in [6.45, 7) is 2.70. The third-order valence-corrected chi connectivity index (χ3v) is 3.60. The predicted molar refractivity (Wildman–Crippen MR) is 77.6 cm³/mol. The van der Waals surface area contributed by atoms with Crippen LogP contribution in [0.4, 0.5) is 5.69 Å². The van der Waals surface area contributed by atoms with Gasteiger partial charge in [0.2, 0.25) is 5.91 Å². The quantitative estimate of drug-likeness (QED) is 0.787. The molecule has 1 aromatic heterocycles. The molecular formula is C15H18N4O. The molecule has 1 aliphatic heterocycles. The minimum absolute atomic E-state index is 0.0577. The summed E-state index contributed by atoms with van der Waals surface area (Å²) in [5.41, 5.74) is 4.63. The van der Waals surface area contributed by atoms with Crippen LogP contribution >= 0.6 is 0 Å². The van der Waals surface area contributed by atoms with E-state index in [2.05, 4.69) is 39.9 Å². The zero-order valence-electron chi connectivity index (χ0n) is 11.4. The number of carbonyl (C=O) groups excluding carboxylic acids is 1. The molecule has 20 heavy (non-hydrogen) atoms. The average molecular weight is 270 g/mol. The molecule has 2 aromatic rings. The Morgan fingerprint density at radius 1 is 1.50 bits per heavy atom. The second kappa shape index (κ2) is 5.36. The molecule has 0 saturated carbocycles. The fourth-order valence-corrected chi connectivity index (χ4v) is 2.52. The Labute approximate surface area is 117 Å². The molecule has 1 unspecified atom stereocenters. The number of aromatic amines is 1. The van der Waals surface area contributed by atoms with E-state index < -0.39 is 0 Å². The molecule has 0 spiro atoms. The smallest absolute Gasteiger partial charge is 0.242 e. The fraction of sp³-hybridized carbons (Fsp3) is 0.333. The first kappa shape index (κ1) is 12.7. The standard InChI is InChI=1S/C15H18N4O/c1-10-2-3-13-12(6-10)7-14(19-13)15(20)16-5-4-11-8-17-18-9-11/h2-3,6,8-9,14,19H,4-5,7H2,1H3,(H,16,20)(H,17,18). The topological polar surface area (TPSA) is 69.8 Å². The number of H-pyrrole nitrogens is 1. The van der Waals surface area contributed by atoms with Crippen molar-refractivity contribution in [2.45, 2.75) is 25.8 Å². The highest BCUT2D eigenvalue weighted by Crippen LogP contribution is 2.26. The first-order valence-electron chi connectivity index (χ1n) is 6.84. The summed E-state index contributed by atoms with van der Waals surface area (Å²) in [4.78, 5) is 12.1. The van der Waals surface area contributed by atoms with E-state index in [0.29, 0.717) is 6.54 Å². The van der Waals surface area contributed by atoms with Crippen LogP contribution in [0.3, 0.4) is 0 Å². The molecule has 0 aliphatic carbocycles. The van der Waals surface area contributed by atoms with Crippen LogP contribution in [0, 0.1) is 6.92 Å². The maximum atomic E-state index is 12.1. The van der Waals surface area contributed by atoms with Crippen LogP contribution in [0.1, 0.15) is 16.7 Å². The molecule has 1 atom stereocenters. The van der Waals surface area contributed by atoms with Gasteiger partial charge in [0.1, 0.15) is 6.04 Å². The third kappa shape index (κ3) is 2.66. The second-order valence-electron chi connectivity index (χ2n) is 5.21. The largest absolute Gasteiger partial charge is 0.373 e. The number of benzene rings is 1. The predicted octanol–water partition coefficient (Wildman–Crippen LogP) is 1.41. The number of amides is 1. The lowest BCUT2D eigenvalue weighted by Crippen LogP contribution is -2.39. The minimum atomic E-state index is -0.156. The number of hydrogen-bond donors (Lipinski definition) is 3. The molecule has 0 fully saturated rings. The Morgan fingerprint density at radius 2 is 2.40 bits per heavy atom. The van der Waals surface area contributed by atoms with E-state index in [4.69, 9.17) is 0 Å². The molecule has 2 heterocycles. The maximum Gasteiger partial charge on any atom is 0.242 e. The van der Waals surface area contributed by atoms with Gasteiger partial charge in [-0.2, -0.15) is 5.10 Å². The van der Waals surface area contributed by atoms with E-state index in [0.717, 1.165) is 24.1 Å². The third-order valence-electron chi connectivity index (χ3n) is 3.60. The van der Waals surface area contributed by atoms with Crippen molar-refractivity contribution in [3.8, 4) is 0 Å². The molecule has 0 radical (unpaired) electrons. The number of nitrogens with one attached hydrogen (secondary N) is 3. The van der Waals surface area contributed by atoms with Gasteiger partial charge in [0.05, 0.1) is 6.20 Å². The Morgan fingerprint density at radius 3 is 3.20 bits per heavy atom. The highest BCUT2D eigenvalue weighted by molar-refractivity contribution is 5.87. The first-order valence-corrected chi connectivity index (χ1v) is 6.84. The van der Waals surface area contributed by atoms with Crippen LogP contribution in [0.25, 0.3) is 0 Å². The molecule has 0 saturated heterocycles. The summed E-state index contributed by atoms with van der Waals surface area (Å²) < 4.78 is 0. The van der Waals surface area contributed by atoms with Crippen molar-refractivity contribution in [2.24, 2.45) is 0 Å². The van der Waals surface area contributed by atoms with Gasteiger partial charge < -0.3 is 10.6 Å². The van der Waals surface area contributed by atoms with E-state index in [1.54, 1.807) is 6.20 Å². The lowest BCUT2D eigenvalue weighted by molar-refractivity contribution is -0.121. The van der Waals surface area contributed by atoms with Crippen molar-refractivity contribution in [1.29, 1.82) is 0 Å². The van der Waals surface area contributed by atoms with Crippen molar-refractivity contribution in [3.05, 3.63) is 47.3 Å². The maximum absolute atomic E-state index is 12.1. The van der Waals surface area contributed by atoms with Crippen molar-refractivity contribution >= 4 is 11.6 Å². The molecule has 0 bridgehead atoms. The van der Waals surface area contributed by atoms with Gasteiger partial charge in [0, 0.05) is 24.8 Å². The number of hydrogen-bond acceptors (Lipinski definition) is 3. The highest BCUT2D eigenvalue weighted by atomic mass is 16.2. The van der Waals surface area contributed by atoms with Crippen LogP contribution in [0.15, 0.2) is 30.6 Å². The molecule has 1 aliphatic rings. The number of anilines is 1. The number of carbonyl (C=O) groups is 1. The summed E-state index contributed by atoms with van der Waals surface area (Å²) in [6, 6.07) is 6.09. The molecule has 1 aromatic carbocycles. The van der Waals surface area contributed by atoms with Crippen molar-refractivity contribution in [2.75, 3.05) is 11.9 Å². The second-order valence-corrected chi connectivity index (χ2v) is 5.21. The van der Waals surface area contributed by atoms with Crippen molar-refractivity contribution in [1.82, 2.24) is 15.5 Å². The van der Waals surface area contributed by atoms with Crippen LogP contribution in [0.5, 0.6) is 0 Å². The first-order chi connectivity index (χ1) is 9.72. The number of aromatic nitrogens is 2. The summed E-state index contributed by atoms with van der Waals surface area (Å²) in [5.74, 6) is 0.0577. The van der Waals surface area contributed by atoms with E-state index in [1.807, 2.05) is 12.3 Å². The summed E-state index contributed by atoms with van der Waals surface area (Å²) in [6.07, 6.45) is 5.17. The van der Waals surface area contributed by atoms with Gasteiger partial charge in [-0.1, -0.05) is 17.7 Å². The van der Waals surface area contributed by atoms with Gasteiger partial charge in [0.15, 0.2) is 0 Å². The number of nitrogens with zero attached hydrogens (tertiary/aromatic N) is 1. The van der Waals surface area contributed by atoms with Gasteiger partial charge in [-0.05, 0) is 30.5 Å². The van der Waals surface area contributed by atoms with Crippen LogP contribution < -0.4 is 10.6 Å². The molecule has 5 nitrogen and oxygen atoms in total. The van der Waals surface area contributed by atoms with Gasteiger partial charge in [-0.15, -0.1) is 0 Å². The van der Waals surface area contributed by atoms with Crippen LogP contribution in [0.2, 0.25) is 0 Å². The van der Waals surface area contributed by atoms with E-state index in [9.17, 15) is 4.79 Å². The number of fused-ring (bicyclic) bond motifs is 1. The van der Waals surface area contributed by atoms with Gasteiger partial charge >= 0.3 is 0 Å². The zero-order chi connectivity index (χ0) is 13.9. The van der Waals surface area contributed by atoms with E-state index in [-0.39, 0.29) is 11.9 Å². The molecule has 1 amide bonds. The highest BCUT2D eigenvalue weighted by Gasteiger charge is 2.26. The van der Waals surface area contributed by atoms with Crippen molar-refractivity contribution < 1.29 is 4.79 Å². The molecule has 5 heteroatoms. The van der Waals surface area contributed by atoms with Crippen molar-refractivity contribution in [3.63, 3.8) is 0 Å². The molecule has 3 rings (SSSR count). The van der Waals surface area contributed by atoms with Crippen LogP contribution in [-0.4, -0.2) is 28.7 Å². The van der Waals surface area contributed by atoms with Crippen LogP contribution in [-0.2, 0) is 17.6 Å². The Balaban J connectivity index is 1.52. The molecule has 3 N–H and O–H groups in total. The van der Waals surface area contributed by atoms with Gasteiger partial charge in [-0.3, -0.25) is 9.89 Å². The zero-order valence-corrected chi connectivity index (χ0v) is 11.4. The summed E-state index contributed by atoms with van der Waals surface area (Å²) in [5, 5.41) is 12.9. The van der Waals surface area contributed by atoms with E-state index in [1.165, 1.54) is 11.1 Å². The summed E-state index contributed by atoms with van der Waals surface area (Å²) >= 11 is 0. The lowest BCUT2D eigenvalue weighted by atomic mass is 10.1. The number of aryl methyl sites for hydroxylation is 1. The monoisotopic (exact) mass is 270 g/mol. The summed E-state index contributed by atoms with van der Waals surface area (Å²) in [7, 11) is 0. The minimum Gasteiger partial charge on any atom is -0.373 e. The Kier molecular flexibility index (Phi) is 3.41. The Hall–Kier alpha value is -2.30.